The number of hydrogen-bond donors (Lipinski definition) is 1. The Hall–Kier alpha value is -3.23. The Morgan fingerprint density at radius 2 is 2.12 bits per heavy atom. The van der Waals surface area contributed by atoms with Crippen LogP contribution in [0.1, 0.15) is 17.3 Å². The number of fused-ring (bicyclic) bond motifs is 1. The van der Waals surface area contributed by atoms with Gasteiger partial charge in [-0.05, 0) is 32.0 Å². The lowest BCUT2D eigenvalue weighted by molar-refractivity contribution is -0.386. The number of aromatic nitrogens is 3. The molecule has 124 valence electrons. The Balaban J connectivity index is 1.77. The summed E-state index contributed by atoms with van der Waals surface area (Å²) in [4.78, 5) is 26.9. The van der Waals surface area contributed by atoms with Crippen molar-refractivity contribution in [2.45, 2.75) is 27.3 Å². The molecule has 1 N–H and O–H groups in total. The van der Waals surface area contributed by atoms with Gasteiger partial charge < -0.3 is 9.73 Å². The lowest BCUT2D eigenvalue weighted by atomic mass is 10.3. The number of carbonyl (C=O) groups excluding carboxylic acids is 1. The average Bonchev–Trinajstić information content (AvgIpc) is 2.97. The number of amides is 1. The maximum Gasteiger partial charge on any atom is 0.312 e. The van der Waals surface area contributed by atoms with Crippen molar-refractivity contribution in [2.75, 3.05) is 5.32 Å². The van der Waals surface area contributed by atoms with Crippen molar-refractivity contribution < 1.29 is 14.1 Å². The first-order chi connectivity index (χ1) is 11.3. The average molecular weight is 329 g/mol. The monoisotopic (exact) mass is 329 g/mol. The summed E-state index contributed by atoms with van der Waals surface area (Å²) in [5, 5.41) is 17.8. The van der Waals surface area contributed by atoms with Gasteiger partial charge in [0.2, 0.25) is 5.91 Å². The van der Waals surface area contributed by atoms with Crippen LogP contribution in [0, 0.1) is 30.9 Å². The lowest BCUT2D eigenvalue weighted by Crippen LogP contribution is -2.20. The summed E-state index contributed by atoms with van der Waals surface area (Å²) in [6.07, 6.45) is 0. The molecular formula is C15H15N5O4. The summed E-state index contributed by atoms with van der Waals surface area (Å²) in [7, 11) is 0. The fraction of sp³-hybridized carbons (Fsp3) is 0.267. The van der Waals surface area contributed by atoms with Crippen LogP contribution in [0.2, 0.25) is 0 Å². The van der Waals surface area contributed by atoms with Gasteiger partial charge in [0.25, 0.3) is 0 Å². The second-order valence-electron chi connectivity index (χ2n) is 5.40. The van der Waals surface area contributed by atoms with E-state index in [-0.39, 0.29) is 23.8 Å². The smallest absolute Gasteiger partial charge is 0.312 e. The van der Waals surface area contributed by atoms with Crippen LogP contribution in [0.15, 0.2) is 22.6 Å². The summed E-state index contributed by atoms with van der Waals surface area (Å²) >= 11 is 0. The molecule has 9 heteroatoms. The van der Waals surface area contributed by atoms with E-state index in [1.807, 2.05) is 0 Å². The lowest BCUT2D eigenvalue weighted by Gasteiger charge is -2.06. The predicted octanol–water partition coefficient (Wildman–Crippen LogP) is 2.50. The number of aryl methyl sites for hydroxylation is 2. The van der Waals surface area contributed by atoms with E-state index in [1.165, 1.54) is 4.68 Å². The van der Waals surface area contributed by atoms with Gasteiger partial charge in [-0.25, -0.2) is 4.98 Å². The number of oxazole rings is 1. The number of rotatable bonds is 4. The quantitative estimate of drug-likeness (QED) is 0.580. The summed E-state index contributed by atoms with van der Waals surface area (Å²) in [6, 6.07) is 5.13. The van der Waals surface area contributed by atoms with Crippen LogP contribution >= 0.6 is 0 Å². The zero-order chi connectivity index (χ0) is 17.4. The first-order valence-corrected chi connectivity index (χ1v) is 7.20. The van der Waals surface area contributed by atoms with E-state index in [2.05, 4.69) is 15.4 Å². The van der Waals surface area contributed by atoms with Gasteiger partial charge in [-0.3, -0.25) is 19.6 Å². The molecule has 24 heavy (non-hydrogen) atoms. The van der Waals surface area contributed by atoms with Crippen molar-refractivity contribution in [1.29, 1.82) is 0 Å². The topological polar surface area (TPSA) is 116 Å². The number of hydrogen-bond acceptors (Lipinski definition) is 6. The highest BCUT2D eigenvalue weighted by molar-refractivity contribution is 5.92. The van der Waals surface area contributed by atoms with E-state index >= 15 is 0 Å². The molecule has 2 aromatic heterocycles. The van der Waals surface area contributed by atoms with Crippen LogP contribution in [0.25, 0.3) is 11.1 Å². The third kappa shape index (κ3) is 2.83. The minimum absolute atomic E-state index is 0.0673. The molecule has 0 aliphatic rings. The van der Waals surface area contributed by atoms with Gasteiger partial charge in [0.05, 0.1) is 4.92 Å². The zero-order valence-electron chi connectivity index (χ0n) is 13.4. The zero-order valence-corrected chi connectivity index (χ0v) is 13.4. The molecule has 1 amide bonds. The van der Waals surface area contributed by atoms with E-state index in [4.69, 9.17) is 4.42 Å². The van der Waals surface area contributed by atoms with E-state index in [9.17, 15) is 14.9 Å². The van der Waals surface area contributed by atoms with Crippen molar-refractivity contribution in [2.24, 2.45) is 0 Å². The van der Waals surface area contributed by atoms with Gasteiger partial charge in [-0.15, -0.1) is 0 Å². The van der Waals surface area contributed by atoms with Gasteiger partial charge in [0.15, 0.2) is 11.5 Å². The number of nitro groups is 1. The van der Waals surface area contributed by atoms with Gasteiger partial charge in [0, 0.05) is 12.6 Å². The summed E-state index contributed by atoms with van der Waals surface area (Å²) < 4.78 is 6.70. The Morgan fingerprint density at radius 1 is 1.38 bits per heavy atom. The molecule has 0 aliphatic carbocycles. The molecule has 9 nitrogen and oxygen atoms in total. The minimum Gasteiger partial charge on any atom is -0.441 e. The van der Waals surface area contributed by atoms with Crippen LogP contribution in [-0.2, 0) is 11.3 Å². The molecule has 3 aromatic rings. The molecule has 0 bridgehead atoms. The molecule has 1 aromatic carbocycles. The van der Waals surface area contributed by atoms with Crippen molar-refractivity contribution >= 4 is 28.4 Å². The van der Waals surface area contributed by atoms with Crippen LogP contribution in [0.4, 0.5) is 11.4 Å². The summed E-state index contributed by atoms with van der Waals surface area (Å²) in [5.74, 6) is 0.207. The molecule has 3 rings (SSSR count). The van der Waals surface area contributed by atoms with Gasteiger partial charge in [-0.2, -0.15) is 5.10 Å². The Morgan fingerprint density at radius 3 is 2.79 bits per heavy atom. The highest BCUT2D eigenvalue weighted by Gasteiger charge is 2.22. The van der Waals surface area contributed by atoms with Crippen LogP contribution in [-0.4, -0.2) is 25.6 Å². The van der Waals surface area contributed by atoms with E-state index in [0.29, 0.717) is 28.4 Å². The van der Waals surface area contributed by atoms with Crippen molar-refractivity contribution in [3.05, 3.63) is 45.6 Å². The Kier molecular flexibility index (Phi) is 3.76. The Bertz CT molecular complexity index is 956. The normalized spacial score (nSPS) is 11.0. The second kappa shape index (κ2) is 5.76. The van der Waals surface area contributed by atoms with Crippen LogP contribution in [0.5, 0.6) is 0 Å². The molecule has 0 aliphatic heterocycles. The highest BCUT2D eigenvalue weighted by atomic mass is 16.6. The standard InChI is InChI=1S/C15H15N5O4/c1-8-15(20(22)23)9(2)19(18-8)7-14(21)17-11-4-5-13-12(6-11)16-10(3)24-13/h4-6H,7H2,1-3H3,(H,17,21). The molecule has 2 heterocycles. The van der Waals surface area contributed by atoms with E-state index in [1.54, 1.807) is 39.0 Å². The first-order valence-electron chi connectivity index (χ1n) is 7.20. The second-order valence-corrected chi connectivity index (χ2v) is 5.40. The minimum atomic E-state index is -0.493. The van der Waals surface area contributed by atoms with Gasteiger partial charge >= 0.3 is 5.69 Å². The van der Waals surface area contributed by atoms with Crippen molar-refractivity contribution in [1.82, 2.24) is 14.8 Å². The molecular weight excluding hydrogens is 314 g/mol. The maximum absolute atomic E-state index is 12.2. The first kappa shape index (κ1) is 15.7. The fourth-order valence-electron chi connectivity index (χ4n) is 2.56. The molecule has 0 radical (unpaired) electrons. The molecule has 0 saturated heterocycles. The summed E-state index contributed by atoms with van der Waals surface area (Å²) in [5.41, 5.74) is 2.41. The third-order valence-corrected chi connectivity index (χ3v) is 3.60. The highest BCUT2D eigenvalue weighted by Crippen LogP contribution is 2.22. The molecule has 0 atom stereocenters. The van der Waals surface area contributed by atoms with Crippen LogP contribution in [0.3, 0.4) is 0 Å². The number of nitrogens with one attached hydrogen (secondary N) is 1. The number of nitrogens with zero attached hydrogens (tertiary/aromatic N) is 4. The van der Waals surface area contributed by atoms with Crippen molar-refractivity contribution in [3.8, 4) is 0 Å². The number of carbonyl (C=O) groups is 1. The SMILES string of the molecule is Cc1nc2cc(NC(=O)Cn3nc(C)c([N+](=O)[O-])c3C)ccc2o1. The summed E-state index contributed by atoms with van der Waals surface area (Å²) in [6.45, 7) is 4.74. The van der Waals surface area contributed by atoms with Crippen LogP contribution < -0.4 is 5.32 Å². The number of anilines is 1. The van der Waals surface area contributed by atoms with E-state index in [0.717, 1.165) is 0 Å². The van der Waals surface area contributed by atoms with Crippen molar-refractivity contribution in [3.63, 3.8) is 0 Å². The molecule has 0 spiro atoms. The molecule has 0 saturated carbocycles. The maximum atomic E-state index is 12.2. The Labute approximate surface area is 136 Å². The van der Waals surface area contributed by atoms with Gasteiger partial charge in [0.1, 0.15) is 23.4 Å². The molecule has 0 unspecified atom stereocenters. The fourth-order valence-corrected chi connectivity index (χ4v) is 2.56. The van der Waals surface area contributed by atoms with E-state index < -0.39 is 4.92 Å². The predicted molar refractivity (Wildman–Crippen MR) is 85.7 cm³/mol. The largest absolute Gasteiger partial charge is 0.441 e. The number of benzene rings is 1. The molecule has 0 fully saturated rings. The van der Waals surface area contributed by atoms with Gasteiger partial charge in [-0.1, -0.05) is 0 Å². The third-order valence-electron chi connectivity index (χ3n) is 3.60.